The minimum Gasteiger partial charge on any atom is -0.370 e. The molecule has 2 N–H and O–H groups in total. The highest BCUT2D eigenvalue weighted by atomic mass is 19.1. The third kappa shape index (κ3) is 1.43. The van der Waals surface area contributed by atoms with Crippen LogP contribution >= 0.6 is 0 Å². The quantitative estimate of drug-likeness (QED) is 0.642. The van der Waals surface area contributed by atoms with Gasteiger partial charge in [-0.3, -0.25) is 0 Å². The topological polar surface area (TPSA) is 52.3 Å². The van der Waals surface area contributed by atoms with Crippen molar-refractivity contribution in [2.45, 2.75) is 6.92 Å². The number of hydrogen-bond donors (Lipinski definition) is 1. The van der Waals surface area contributed by atoms with Crippen LogP contribution in [0.3, 0.4) is 0 Å². The zero-order valence-corrected chi connectivity index (χ0v) is 6.50. The molecule has 0 aliphatic rings. The molecule has 0 radical (unpaired) electrons. The molecule has 3 nitrogen and oxygen atoms in total. The largest absolute Gasteiger partial charge is 0.370 e. The molecule has 0 aromatic heterocycles. The van der Waals surface area contributed by atoms with Gasteiger partial charge in [0.25, 0.3) is 0 Å². The molecule has 4 heteroatoms. The van der Waals surface area contributed by atoms with Gasteiger partial charge in [0, 0.05) is 0 Å². The lowest BCUT2D eigenvalue weighted by Gasteiger charge is -2.01. The Bertz CT molecular complexity index is 312. The Kier molecular flexibility index (Phi) is 2.40. The summed E-state index contributed by atoms with van der Waals surface area (Å²) in [6.45, 7) is 1.56. The molecule has 0 heterocycles. The molecule has 0 amide bonds. The molecule has 0 saturated carbocycles. The Morgan fingerprint density at radius 1 is 1.58 bits per heavy atom. The number of aryl methyl sites for hydroxylation is 1. The first-order chi connectivity index (χ1) is 5.66. The van der Waals surface area contributed by atoms with Crippen molar-refractivity contribution in [3.63, 3.8) is 0 Å². The maximum absolute atomic E-state index is 13.1. The molecular weight excluding hydrogens is 161 g/mol. The lowest BCUT2D eigenvalue weighted by Crippen LogP contribution is -2.12. The second-order valence-electron chi connectivity index (χ2n) is 2.34. The van der Waals surface area contributed by atoms with E-state index in [0.717, 1.165) is 0 Å². The van der Waals surface area contributed by atoms with Gasteiger partial charge in [-0.1, -0.05) is 12.1 Å². The SMILES string of the molecule is Cc1cccc(C(=O)ON)c1F. The maximum atomic E-state index is 13.1. The smallest absolute Gasteiger partial charge is 0.359 e. The Morgan fingerprint density at radius 3 is 2.83 bits per heavy atom. The van der Waals surface area contributed by atoms with Crippen LogP contribution in [-0.4, -0.2) is 5.97 Å². The van der Waals surface area contributed by atoms with Gasteiger partial charge in [0.2, 0.25) is 0 Å². The fraction of sp³-hybridized carbons (Fsp3) is 0.125. The number of rotatable bonds is 1. The van der Waals surface area contributed by atoms with Gasteiger partial charge in [-0.25, -0.2) is 9.18 Å². The lowest BCUT2D eigenvalue weighted by atomic mass is 10.1. The van der Waals surface area contributed by atoms with E-state index in [2.05, 4.69) is 10.7 Å². The molecule has 0 fully saturated rings. The fourth-order valence-corrected chi connectivity index (χ4v) is 0.869. The van der Waals surface area contributed by atoms with Crippen molar-refractivity contribution in [3.05, 3.63) is 35.1 Å². The Morgan fingerprint density at radius 2 is 2.25 bits per heavy atom. The van der Waals surface area contributed by atoms with Crippen LogP contribution < -0.4 is 5.90 Å². The minimum absolute atomic E-state index is 0.141. The standard InChI is InChI=1S/C8H8FNO2/c1-5-3-2-4-6(7(5)9)8(11)12-10/h2-4H,10H2,1H3. The van der Waals surface area contributed by atoms with E-state index in [4.69, 9.17) is 0 Å². The molecule has 12 heavy (non-hydrogen) atoms. The van der Waals surface area contributed by atoms with E-state index in [1.807, 2.05) is 0 Å². The Labute approximate surface area is 68.9 Å². The van der Waals surface area contributed by atoms with Crippen molar-refractivity contribution in [2.75, 3.05) is 0 Å². The highest BCUT2D eigenvalue weighted by Gasteiger charge is 2.12. The minimum atomic E-state index is -0.865. The second-order valence-corrected chi connectivity index (χ2v) is 2.34. The predicted octanol–water partition coefficient (Wildman–Crippen LogP) is 1.16. The second kappa shape index (κ2) is 3.32. The highest BCUT2D eigenvalue weighted by Crippen LogP contribution is 2.11. The lowest BCUT2D eigenvalue weighted by molar-refractivity contribution is 0.0498. The molecule has 0 spiro atoms. The van der Waals surface area contributed by atoms with Crippen LogP contribution in [-0.2, 0) is 4.84 Å². The average Bonchev–Trinajstić information content (AvgIpc) is 2.08. The van der Waals surface area contributed by atoms with Crippen LogP contribution in [0.1, 0.15) is 15.9 Å². The third-order valence-corrected chi connectivity index (χ3v) is 1.52. The predicted molar refractivity (Wildman–Crippen MR) is 40.7 cm³/mol. The van der Waals surface area contributed by atoms with Crippen molar-refractivity contribution < 1.29 is 14.0 Å². The summed E-state index contributed by atoms with van der Waals surface area (Å²) in [5.74, 6) is 3.15. The van der Waals surface area contributed by atoms with Crippen molar-refractivity contribution in [2.24, 2.45) is 5.90 Å². The van der Waals surface area contributed by atoms with Gasteiger partial charge in [-0.05, 0) is 18.6 Å². The van der Waals surface area contributed by atoms with Gasteiger partial charge >= 0.3 is 5.97 Å². The monoisotopic (exact) mass is 169 g/mol. The summed E-state index contributed by atoms with van der Waals surface area (Å²) < 4.78 is 13.1. The average molecular weight is 169 g/mol. The van der Waals surface area contributed by atoms with E-state index >= 15 is 0 Å². The van der Waals surface area contributed by atoms with Crippen molar-refractivity contribution in [1.29, 1.82) is 0 Å². The summed E-state index contributed by atoms with van der Waals surface area (Å²) in [5.41, 5.74) is 0.246. The zero-order valence-electron chi connectivity index (χ0n) is 6.50. The molecular formula is C8H8FNO2. The summed E-state index contributed by atoms with van der Waals surface area (Å²) >= 11 is 0. The number of carbonyl (C=O) groups is 1. The number of nitrogens with two attached hydrogens (primary N) is 1. The van der Waals surface area contributed by atoms with E-state index in [9.17, 15) is 9.18 Å². The molecule has 0 atom stereocenters. The zero-order chi connectivity index (χ0) is 9.14. The first-order valence-electron chi connectivity index (χ1n) is 3.33. The molecule has 0 unspecified atom stereocenters. The molecule has 1 aromatic rings. The molecule has 1 aromatic carbocycles. The summed E-state index contributed by atoms with van der Waals surface area (Å²) in [6, 6.07) is 4.44. The van der Waals surface area contributed by atoms with E-state index < -0.39 is 11.8 Å². The molecule has 0 bridgehead atoms. The molecule has 0 aliphatic heterocycles. The van der Waals surface area contributed by atoms with Crippen LogP contribution in [0.15, 0.2) is 18.2 Å². The van der Waals surface area contributed by atoms with Crippen LogP contribution in [0.25, 0.3) is 0 Å². The molecule has 0 saturated heterocycles. The summed E-state index contributed by atoms with van der Waals surface area (Å²) in [4.78, 5) is 14.7. The Balaban J connectivity index is 3.16. The van der Waals surface area contributed by atoms with Crippen molar-refractivity contribution in [3.8, 4) is 0 Å². The fourth-order valence-electron chi connectivity index (χ4n) is 0.869. The van der Waals surface area contributed by atoms with Gasteiger partial charge in [-0.15, -0.1) is 0 Å². The summed E-state index contributed by atoms with van der Waals surface area (Å²) in [7, 11) is 0. The highest BCUT2D eigenvalue weighted by molar-refractivity contribution is 5.89. The van der Waals surface area contributed by atoms with E-state index in [0.29, 0.717) is 5.56 Å². The Hall–Kier alpha value is -1.42. The molecule has 64 valence electrons. The van der Waals surface area contributed by atoms with Gasteiger partial charge < -0.3 is 4.84 Å². The van der Waals surface area contributed by atoms with Gasteiger partial charge in [0.1, 0.15) is 5.82 Å². The van der Waals surface area contributed by atoms with Crippen LogP contribution in [0.5, 0.6) is 0 Å². The van der Waals surface area contributed by atoms with Crippen LogP contribution in [0.4, 0.5) is 4.39 Å². The van der Waals surface area contributed by atoms with Crippen molar-refractivity contribution in [1.82, 2.24) is 0 Å². The molecule has 0 aliphatic carbocycles. The summed E-state index contributed by atoms with van der Waals surface area (Å²) in [6.07, 6.45) is 0. The number of hydrogen-bond acceptors (Lipinski definition) is 3. The molecule has 1 rings (SSSR count). The number of halogens is 1. The third-order valence-electron chi connectivity index (χ3n) is 1.52. The van der Waals surface area contributed by atoms with Crippen LogP contribution in [0, 0.1) is 12.7 Å². The van der Waals surface area contributed by atoms with E-state index in [-0.39, 0.29) is 5.56 Å². The number of carbonyl (C=O) groups excluding carboxylic acids is 1. The summed E-state index contributed by atoms with van der Waals surface area (Å²) in [5, 5.41) is 0. The maximum Gasteiger partial charge on any atom is 0.359 e. The first-order valence-corrected chi connectivity index (χ1v) is 3.33. The van der Waals surface area contributed by atoms with Gasteiger partial charge in [-0.2, -0.15) is 5.90 Å². The normalized spacial score (nSPS) is 9.58. The van der Waals surface area contributed by atoms with Gasteiger partial charge in [0.15, 0.2) is 0 Å². The van der Waals surface area contributed by atoms with Gasteiger partial charge in [0.05, 0.1) is 5.56 Å². The van der Waals surface area contributed by atoms with Crippen LogP contribution in [0.2, 0.25) is 0 Å². The number of benzene rings is 1. The van der Waals surface area contributed by atoms with E-state index in [1.165, 1.54) is 6.07 Å². The first kappa shape index (κ1) is 8.67. The van der Waals surface area contributed by atoms with E-state index in [1.54, 1.807) is 19.1 Å². The van der Waals surface area contributed by atoms with Crippen molar-refractivity contribution >= 4 is 5.97 Å².